The maximum Gasteiger partial charge on any atom is 0.0667 e. The average Bonchev–Trinajstić information content (AvgIpc) is 2.04. The van der Waals surface area contributed by atoms with E-state index in [1.165, 1.54) is 0 Å². The van der Waals surface area contributed by atoms with E-state index in [2.05, 4.69) is 19.2 Å². The summed E-state index contributed by atoms with van der Waals surface area (Å²) in [6.07, 6.45) is 1.25. The summed E-state index contributed by atoms with van der Waals surface area (Å²) in [5.74, 6) is 0. The van der Waals surface area contributed by atoms with E-state index in [0.29, 0.717) is 0 Å². The molecule has 0 spiro atoms. The summed E-state index contributed by atoms with van der Waals surface area (Å²) in [6, 6.07) is 0. The largest absolute Gasteiger partial charge is 0.380 e. The van der Waals surface area contributed by atoms with Gasteiger partial charge in [-0.1, -0.05) is 6.92 Å². The van der Waals surface area contributed by atoms with Gasteiger partial charge in [0.25, 0.3) is 0 Å². The minimum absolute atomic E-state index is 0.0898. The van der Waals surface area contributed by atoms with E-state index >= 15 is 0 Å². The molecular formula is C9H22N2O. The molecule has 74 valence electrons. The lowest BCUT2D eigenvalue weighted by Crippen LogP contribution is -2.46. The Morgan fingerprint density at radius 3 is 2.58 bits per heavy atom. The number of ether oxygens (including phenoxy) is 1. The quantitative estimate of drug-likeness (QED) is 0.624. The van der Waals surface area contributed by atoms with Crippen molar-refractivity contribution in [1.82, 2.24) is 5.32 Å². The van der Waals surface area contributed by atoms with Crippen LogP contribution in [-0.2, 0) is 4.74 Å². The molecule has 2 atom stereocenters. The van der Waals surface area contributed by atoms with Crippen molar-refractivity contribution in [2.45, 2.75) is 38.8 Å². The van der Waals surface area contributed by atoms with Gasteiger partial charge in [0.05, 0.1) is 6.10 Å². The number of hydrogen-bond acceptors (Lipinski definition) is 3. The van der Waals surface area contributed by atoms with Crippen LogP contribution in [0.5, 0.6) is 0 Å². The van der Waals surface area contributed by atoms with E-state index in [1.54, 1.807) is 7.11 Å². The molecule has 0 aliphatic carbocycles. The van der Waals surface area contributed by atoms with E-state index < -0.39 is 0 Å². The van der Waals surface area contributed by atoms with Crippen LogP contribution in [0.15, 0.2) is 0 Å². The molecule has 3 heteroatoms. The van der Waals surface area contributed by atoms with Crippen molar-refractivity contribution in [3.8, 4) is 0 Å². The summed E-state index contributed by atoms with van der Waals surface area (Å²) in [6.45, 7) is 7.90. The first-order valence-electron chi connectivity index (χ1n) is 4.54. The van der Waals surface area contributed by atoms with Crippen LogP contribution < -0.4 is 11.1 Å². The number of methoxy groups -OCH3 is 1. The number of rotatable bonds is 6. The molecule has 0 rings (SSSR count). The van der Waals surface area contributed by atoms with Gasteiger partial charge >= 0.3 is 0 Å². The van der Waals surface area contributed by atoms with Crippen LogP contribution in [0, 0.1) is 0 Å². The summed E-state index contributed by atoms with van der Waals surface area (Å²) in [4.78, 5) is 0. The lowest BCUT2D eigenvalue weighted by Gasteiger charge is -2.23. The van der Waals surface area contributed by atoms with Crippen molar-refractivity contribution in [2.24, 2.45) is 5.73 Å². The summed E-state index contributed by atoms with van der Waals surface area (Å²) in [7, 11) is 1.72. The van der Waals surface area contributed by atoms with E-state index in [0.717, 1.165) is 19.5 Å². The van der Waals surface area contributed by atoms with Crippen molar-refractivity contribution in [1.29, 1.82) is 0 Å². The van der Waals surface area contributed by atoms with Crippen LogP contribution >= 0.6 is 0 Å². The van der Waals surface area contributed by atoms with Gasteiger partial charge < -0.3 is 15.8 Å². The van der Waals surface area contributed by atoms with Gasteiger partial charge in [-0.25, -0.2) is 0 Å². The smallest absolute Gasteiger partial charge is 0.0667 e. The van der Waals surface area contributed by atoms with Crippen molar-refractivity contribution < 1.29 is 4.74 Å². The molecule has 0 aromatic rings. The molecule has 0 aromatic heterocycles. The Morgan fingerprint density at radius 1 is 1.58 bits per heavy atom. The fourth-order valence-corrected chi connectivity index (χ4v) is 0.769. The second-order valence-corrected chi connectivity index (χ2v) is 3.68. The number of nitrogens with two attached hydrogens (primary N) is 1. The second-order valence-electron chi connectivity index (χ2n) is 3.68. The molecule has 0 aliphatic rings. The fraction of sp³-hybridized carbons (Fsp3) is 1.00. The highest BCUT2D eigenvalue weighted by atomic mass is 16.5. The Balaban J connectivity index is 3.42. The van der Waals surface area contributed by atoms with Gasteiger partial charge in [0, 0.05) is 25.7 Å². The van der Waals surface area contributed by atoms with E-state index in [4.69, 9.17) is 10.5 Å². The summed E-state index contributed by atoms with van der Waals surface area (Å²) >= 11 is 0. The zero-order chi connectivity index (χ0) is 9.61. The maximum absolute atomic E-state index is 5.94. The lowest BCUT2D eigenvalue weighted by atomic mass is 10.0. The molecule has 0 saturated heterocycles. The molecule has 2 unspecified atom stereocenters. The second kappa shape index (κ2) is 5.51. The van der Waals surface area contributed by atoms with Gasteiger partial charge in [-0.2, -0.15) is 0 Å². The molecule has 0 aliphatic heterocycles. The Bertz CT molecular complexity index is 115. The van der Waals surface area contributed by atoms with Gasteiger partial charge in [-0.3, -0.25) is 0 Å². The molecule has 0 amide bonds. The van der Waals surface area contributed by atoms with Gasteiger partial charge in [0.15, 0.2) is 0 Å². The number of hydrogen-bond donors (Lipinski definition) is 2. The van der Waals surface area contributed by atoms with Crippen LogP contribution in [0.4, 0.5) is 0 Å². The highest BCUT2D eigenvalue weighted by molar-refractivity contribution is 4.79. The Hall–Kier alpha value is -0.120. The van der Waals surface area contributed by atoms with Crippen LogP contribution in [-0.4, -0.2) is 31.8 Å². The number of nitrogens with one attached hydrogen (secondary N) is 1. The van der Waals surface area contributed by atoms with Crippen molar-refractivity contribution in [3.63, 3.8) is 0 Å². The molecule has 0 fully saturated rings. The topological polar surface area (TPSA) is 47.3 Å². The molecular weight excluding hydrogens is 152 g/mol. The van der Waals surface area contributed by atoms with Crippen LogP contribution in [0.3, 0.4) is 0 Å². The standard InChI is InChI=1S/C9H22N2O/c1-5-9(3,10)7-11-6-8(2)12-4/h8,11H,5-7,10H2,1-4H3. The van der Waals surface area contributed by atoms with Gasteiger partial charge in [0.1, 0.15) is 0 Å². The summed E-state index contributed by atoms with van der Waals surface area (Å²) < 4.78 is 5.10. The predicted molar refractivity (Wildman–Crippen MR) is 52.2 cm³/mol. The summed E-state index contributed by atoms with van der Waals surface area (Å²) in [5.41, 5.74) is 5.85. The fourth-order valence-electron chi connectivity index (χ4n) is 0.769. The Kier molecular flexibility index (Phi) is 5.46. The molecule has 0 bridgehead atoms. The van der Waals surface area contributed by atoms with Crippen molar-refractivity contribution in [2.75, 3.05) is 20.2 Å². The van der Waals surface area contributed by atoms with E-state index in [9.17, 15) is 0 Å². The van der Waals surface area contributed by atoms with Crippen LogP contribution in [0.1, 0.15) is 27.2 Å². The van der Waals surface area contributed by atoms with E-state index in [1.807, 2.05) is 6.92 Å². The molecule has 0 saturated carbocycles. The highest BCUT2D eigenvalue weighted by Gasteiger charge is 2.14. The minimum Gasteiger partial charge on any atom is -0.380 e. The third-order valence-electron chi connectivity index (χ3n) is 2.17. The molecule has 3 N–H and O–H groups in total. The first kappa shape index (κ1) is 11.9. The summed E-state index contributed by atoms with van der Waals surface area (Å²) in [5, 5.41) is 3.28. The molecule has 0 radical (unpaired) electrons. The van der Waals surface area contributed by atoms with E-state index in [-0.39, 0.29) is 11.6 Å². The van der Waals surface area contributed by atoms with Crippen molar-refractivity contribution in [3.05, 3.63) is 0 Å². The zero-order valence-electron chi connectivity index (χ0n) is 8.68. The first-order valence-corrected chi connectivity index (χ1v) is 4.54. The molecule has 0 aromatic carbocycles. The van der Waals surface area contributed by atoms with Gasteiger partial charge in [0.2, 0.25) is 0 Å². The van der Waals surface area contributed by atoms with Crippen molar-refractivity contribution >= 4 is 0 Å². The maximum atomic E-state index is 5.94. The third-order valence-corrected chi connectivity index (χ3v) is 2.17. The highest BCUT2D eigenvalue weighted by Crippen LogP contribution is 2.01. The van der Waals surface area contributed by atoms with Crippen LogP contribution in [0.2, 0.25) is 0 Å². The predicted octanol–water partition coefficient (Wildman–Crippen LogP) is 0.738. The average molecular weight is 174 g/mol. The normalized spacial score (nSPS) is 18.8. The molecule has 3 nitrogen and oxygen atoms in total. The zero-order valence-corrected chi connectivity index (χ0v) is 8.68. The van der Waals surface area contributed by atoms with Gasteiger partial charge in [-0.05, 0) is 20.3 Å². The van der Waals surface area contributed by atoms with Gasteiger partial charge in [-0.15, -0.1) is 0 Å². The first-order chi connectivity index (χ1) is 5.52. The SMILES string of the molecule is CCC(C)(N)CNCC(C)OC. The Morgan fingerprint density at radius 2 is 2.17 bits per heavy atom. The monoisotopic (exact) mass is 174 g/mol. The Labute approximate surface area is 75.7 Å². The van der Waals surface area contributed by atoms with Crippen LogP contribution in [0.25, 0.3) is 0 Å². The minimum atomic E-state index is -0.0898. The molecule has 0 heterocycles. The third kappa shape index (κ3) is 5.52. The molecule has 12 heavy (non-hydrogen) atoms. The lowest BCUT2D eigenvalue weighted by molar-refractivity contribution is 0.116.